The first-order valence-corrected chi connectivity index (χ1v) is 4.73. The van der Waals surface area contributed by atoms with Crippen molar-refractivity contribution in [3.63, 3.8) is 0 Å². The first-order chi connectivity index (χ1) is 7.50. The number of hydrogen-bond acceptors (Lipinski definition) is 6. The van der Waals surface area contributed by atoms with Gasteiger partial charge >= 0.3 is 29.6 Å². The number of aromatic amines is 1. The predicted molar refractivity (Wildman–Crippen MR) is 50.3 cm³/mol. The molecule has 0 saturated heterocycles. The zero-order valence-electron chi connectivity index (χ0n) is 9.66. The number of nitrogens with zero attached hydrogens (tertiary/aromatic N) is 1. The Morgan fingerprint density at radius 3 is 2.71 bits per heavy atom. The summed E-state index contributed by atoms with van der Waals surface area (Å²) in [5.74, 6) is -1.44. The van der Waals surface area contributed by atoms with Crippen LogP contribution >= 0.6 is 0 Å². The molecule has 3 N–H and O–H groups in total. The van der Waals surface area contributed by atoms with E-state index in [1.807, 2.05) is 0 Å². The van der Waals surface area contributed by atoms with Crippen LogP contribution in [0.25, 0.3) is 0 Å². The summed E-state index contributed by atoms with van der Waals surface area (Å²) in [5, 5.41) is 35.2. The van der Waals surface area contributed by atoms with Gasteiger partial charge in [-0.05, 0) is 6.92 Å². The molecule has 1 heterocycles. The minimum atomic E-state index is -1.55. The van der Waals surface area contributed by atoms with Gasteiger partial charge in [0.05, 0.1) is 24.4 Å². The van der Waals surface area contributed by atoms with E-state index in [9.17, 15) is 15.0 Å². The van der Waals surface area contributed by atoms with Crippen molar-refractivity contribution in [3.8, 4) is 5.88 Å². The molecule has 1 rings (SSSR count). The van der Waals surface area contributed by atoms with Crippen molar-refractivity contribution in [1.82, 2.24) is 10.2 Å². The van der Waals surface area contributed by atoms with Gasteiger partial charge < -0.3 is 24.9 Å². The van der Waals surface area contributed by atoms with Gasteiger partial charge in [0, 0.05) is 12.5 Å². The molecule has 8 heteroatoms. The van der Waals surface area contributed by atoms with E-state index in [0.717, 1.165) is 0 Å². The Bertz CT molecular complexity index is 330. The molecule has 3 atom stereocenters. The Morgan fingerprint density at radius 1 is 1.65 bits per heavy atom. The third-order valence-electron chi connectivity index (χ3n) is 1.89. The molecule has 17 heavy (non-hydrogen) atoms. The van der Waals surface area contributed by atoms with Crippen molar-refractivity contribution < 1.29 is 54.4 Å². The van der Waals surface area contributed by atoms with E-state index >= 15 is 0 Å². The van der Waals surface area contributed by atoms with E-state index in [2.05, 4.69) is 10.2 Å². The number of nitrogens with one attached hydrogen (secondary N) is 1. The van der Waals surface area contributed by atoms with Gasteiger partial charge in [0.15, 0.2) is 6.10 Å². The van der Waals surface area contributed by atoms with Crippen LogP contribution in [-0.4, -0.2) is 44.7 Å². The zero-order chi connectivity index (χ0) is 12.1. The molecule has 3 unspecified atom stereocenters. The second-order valence-corrected chi connectivity index (χ2v) is 3.43. The fourth-order valence-electron chi connectivity index (χ4n) is 1.20. The number of carboxylic acids is 1. The molecular weight excluding hydrogens is 239 g/mol. The van der Waals surface area contributed by atoms with Crippen LogP contribution in [0.4, 0.5) is 0 Å². The fraction of sp³-hybridized carbons (Fsp3) is 0.556. The number of aliphatic carboxylic acids is 1. The first kappa shape index (κ1) is 16.4. The number of rotatable bonds is 6. The van der Waals surface area contributed by atoms with Crippen molar-refractivity contribution in [1.29, 1.82) is 0 Å². The van der Waals surface area contributed by atoms with Crippen LogP contribution < -0.4 is 39.4 Å². The molecule has 0 aliphatic rings. The molecule has 0 aromatic carbocycles. The Labute approximate surface area is 120 Å². The summed E-state index contributed by atoms with van der Waals surface area (Å²) >= 11 is 0. The maximum absolute atomic E-state index is 10.7. The third-order valence-corrected chi connectivity index (χ3v) is 1.89. The number of aromatic nitrogens is 2. The summed E-state index contributed by atoms with van der Waals surface area (Å²) in [6.45, 7) is 1.44. The molecule has 7 nitrogen and oxygen atoms in total. The standard InChI is InChI=1S/C9H14N2O5.Na/c1-5(12)4-6(13)8(9(14)15)16-7-2-3-10-11-7;/h2-3,5-6,8,12-13H,4H2,1H3,(H,10,11)(H,14,15);/q;+1/p-1. The van der Waals surface area contributed by atoms with Gasteiger partial charge in [0.2, 0.25) is 5.88 Å². The van der Waals surface area contributed by atoms with Gasteiger partial charge in [0.25, 0.3) is 0 Å². The van der Waals surface area contributed by atoms with E-state index < -0.39 is 24.3 Å². The monoisotopic (exact) mass is 252 g/mol. The smallest absolute Gasteiger partial charge is 0.546 e. The number of carbonyl (C=O) groups is 1. The molecular formula is C9H13N2NaO5. The Hall–Kier alpha value is -0.600. The number of carbonyl (C=O) groups excluding carboxylic acids is 1. The molecule has 0 fully saturated rings. The van der Waals surface area contributed by atoms with Crippen LogP contribution in [0.1, 0.15) is 13.3 Å². The molecule has 0 aliphatic heterocycles. The van der Waals surface area contributed by atoms with Crippen LogP contribution in [-0.2, 0) is 4.79 Å². The molecule has 0 spiro atoms. The summed E-state index contributed by atoms with van der Waals surface area (Å²) in [5.41, 5.74) is 0. The van der Waals surface area contributed by atoms with Gasteiger partial charge in [0.1, 0.15) is 0 Å². The van der Waals surface area contributed by atoms with Crippen LogP contribution in [0.2, 0.25) is 0 Å². The normalized spacial score (nSPS) is 15.5. The third kappa shape index (κ3) is 5.51. The number of H-pyrrole nitrogens is 1. The van der Waals surface area contributed by atoms with Gasteiger partial charge in [-0.3, -0.25) is 0 Å². The Kier molecular flexibility index (Phi) is 7.40. The average Bonchev–Trinajstić information content (AvgIpc) is 2.64. The summed E-state index contributed by atoms with van der Waals surface area (Å²) in [6, 6.07) is 1.41. The average molecular weight is 252 g/mol. The summed E-state index contributed by atoms with van der Waals surface area (Å²) in [7, 11) is 0. The number of ether oxygens (including phenoxy) is 1. The summed E-state index contributed by atoms with van der Waals surface area (Å²) < 4.78 is 4.94. The predicted octanol–water partition coefficient (Wildman–Crippen LogP) is -4.96. The topological polar surface area (TPSA) is 118 Å². The molecule has 0 amide bonds. The number of hydrogen-bond donors (Lipinski definition) is 3. The number of aliphatic hydroxyl groups excluding tert-OH is 2. The van der Waals surface area contributed by atoms with Gasteiger partial charge in [-0.2, -0.15) is 5.10 Å². The molecule has 0 radical (unpaired) electrons. The van der Waals surface area contributed by atoms with Crippen LogP contribution in [0.5, 0.6) is 5.88 Å². The van der Waals surface area contributed by atoms with Crippen LogP contribution in [0.3, 0.4) is 0 Å². The Morgan fingerprint density at radius 2 is 2.29 bits per heavy atom. The second kappa shape index (κ2) is 7.67. The van der Waals surface area contributed by atoms with E-state index in [1.54, 1.807) is 0 Å². The van der Waals surface area contributed by atoms with Gasteiger partial charge in [-0.1, -0.05) is 0 Å². The maximum Gasteiger partial charge on any atom is 1.00 e. The fourth-order valence-corrected chi connectivity index (χ4v) is 1.20. The van der Waals surface area contributed by atoms with Crippen molar-refractivity contribution in [2.24, 2.45) is 0 Å². The van der Waals surface area contributed by atoms with Crippen molar-refractivity contribution in [3.05, 3.63) is 12.3 Å². The molecule has 90 valence electrons. The van der Waals surface area contributed by atoms with Crippen molar-refractivity contribution in [2.45, 2.75) is 31.7 Å². The van der Waals surface area contributed by atoms with E-state index in [1.165, 1.54) is 19.2 Å². The van der Waals surface area contributed by atoms with Gasteiger partial charge in [-0.25, -0.2) is 5.10 Å². The zero-order valence-corrected chi connectivity index (χ0v) is 11.7. The van der Waals surface area contributed by atoms with Crippen LogP contribution in [0, 0.1) is 0 Å². The molecule has 1 aromatic heterocycles. The van der Waals surface area contributed by atoms with Gasteiger partial charge in [-0.15, -0.1) is 0 Å². The SMILES string of the molecule is CC(O)CC(O)C(Oc1ccn[nH]1)C(=O)[O-].[Na+]. The summed E-state index contributed by atoms with van der Waals surface area (Å²) in [6.07, 6.45) is -2.47. The van der Waals surface area contributed by atoms with E-state index in [4.69, 9.17) is 9.84 Å². The summed E-state index contributed by atoms with van der Waals surface area (Å²) in [4.78, 5) is 10.7. The minimum Gasteiger partial charge on any atom is -0.546 e. The number of carboxylic acid groups (broad SMARTS) is 1. The maximum atomic E-state index is 10.7. The van der Waals surface area contributed by atoms with E-state index in [-0.39, 0.29) is 41.9 Å². The molecule has 0 aliphatic carbocycles. The van der Waals surface area contributed by atoms with Crippen molar-refractivity contribution >= 4 is 5.97 Å². The minimum absolute atomic E-state index is 0. The number of aliphatic hydroxyl groups is 2. The molecule has 0 bridgehead atoms. The van der Waals surface area contributed by atoms with E-state index in [0.29, 0.717) is 0 Å². The largest absolute Gasteiger partial charge is 1.00 e. The quantitative estimate of drug-likeness (QED) is 0.436. The van der Waals surface area contributed by atoms with Crippen molar-refractivity contribution in [2.75, 3.05) is 0 Å². The first-order valence-electron chi connectivity index (χ1n) is 4.73. The second-order valence-electron chi connectivity index (χ2n) is 3.43. The Balaban J connectivity index is 0.00000256. The molecule has 1 aromatic rings. The van der Waals surface area contributed by atoms with Crippen LogP contribution in [0.15, 0.2) is 12.3 Å². The molecule has 0 saturated carbocycles.